The van der Waals surface area contributed by atoms with Crippen molar-refractivity contribution >= 4 is 21.6 Å². The van der Waals surface area contributed by atoms with Crippen LogP contribution in [0.4, 0.5) is 0 Å². The number of sulfonamides is 1. The smallest absolute Gasteiger partial charge is 0.244 e. The van der Waals surface area contributed by atoms with E-state index >= 15 is 0 Å². The minimum Gasteiger partial charge on any atom is -0.374 e. The predicted molar refractivity (Wildman–Crippen MR) is 78.6 cm³/mol. The van der Waals surface area contributed by atoms with Gasteiger partial charge in [-0.25, -0.2) is 8.42 Å². The second-order valence-corrected chi connectivity index (χ2v) is 6.98. The quantitative estimate of drug-likeness (QED) is 0.884. The molecule has 114 valence electrons. The van der Waals surface area contributed by atoms with Crippen LogP contribution in [0.15, 0.2) is 23.1 Å². The van der Waals surface area contributed by atoms with E-state index in [9.17, 15) is 8.42 Å². The normalized spacial score (nSPS) is 20.1. The molecule has 0 amide bonds. The van der Waals surface area contributed by atoms with Gasteiger partial charge in [-0.1, -0.05) is 11.6 Å². The van der Waals surface area contributed by atoms with Crippen molar-refractivity contribution in [3.63, 3.8) is 0 Å². The molecule has 1 aromatic rings. The summed E-state index contributed by atoms with van der Waals surface area (Å²) in [6, 6.07) is 6.15. The summed E-state index contributed by atoms with van der Waals surface area (Å²) in [6.45, 7) is 1.44. The molecule has 2 rings (SSSR count). The van der Waals surface area contributed by atoms with Gasteiger partial charge in [0, 0.05) is 19.6 Å². The van der Waals surface area contributed by atoms with Crippen LogP contribution in [0.1, 0.15) is 5.56 Å². The number of ether oxygens (including phenoxy) is 1. The van der Waals surface area contributed by atoms with Crippen molar-refractivity contribution in [3.05, 3.63) is 28.8 Å². The van der Waals surface area contributed by atoms with Crippen molar-refractivity contribution in [3.8, 4) is 6.07 Å². The molecule has 0 aromatic heterocycles. The fourth-order valence-corrected chi connectivity index (χ4v) is 4.13. The van der Waals surface area contributed by atoms with Crippen LogP contribution in [-0.4, -0.2) is 52.1 Å². The molecule has 21 heavy (non-hydrogen) atoms. The molecule has 0 aliphatic carbocycles. The van der Waals surface area contributed by atoms with E-state index in [1.54, 1.807) is 7.05 Å². The molecule has 1 saturated heterocycles. The minimum absolute atomic E-state index is 0.0340. The lowest BCUT2D eigenvalue weighted by Gasteiger charge is -2.32. The summed E-state index contributed by atoms with van der Waals surface area (Å²) >= 11 is 6.00. The lowest BCUT2D eigenvalue weighted by Crippen LogP contribution is -2.48. The Morgan fingerprint density at radius 3 is 3.00 bits per heavy atom. The number of halogens is 1. The second-order valence-electron chi connectivity index (χ2n) is 4.67. The van der Waals surface area contributed by atoms with E-state index in [1.807, 2.05) is 6.07 Å². The second kappa shape index (κ2) is 6.73. The average molecular weight is 330 g/mol. The van der Waals surface area contributed by atoms with Gasteiger partial charge < -0.3 is 10.1 Å². The molecule has 1 heterocycles. The minimum atomic E-state index is -3.73. The topological polar surface area (TPSA) is 82.4 Å². The number of morpholine rings is 1. The highest BCUT2D eigenvalue weighted by Crippen LogP contribution is 2.26. The number of hydrogen-bond donors (Lipinski definition) is 1. The molecular formula is C13H16ClN3O3S. The van der Waals surface area contributed by atoms with Crippen LogP contribution in [-0.2, 0) is 14.8 Å². The molecular weight excluding hydrogens is 314 g/mol. The first kappa shape index (κ1) is 16.2. The number of nitrogens with one attached hydrogen (secondary N) is 1. The summed E-state index contributed by atoms with van der Waals surface area (Å²) in [4.78, 5) is -0.0340. The number of nitriles is 1. The van der Waals surface area contributed by atoms with Crippen LogP contribution in [0, 0.1) is 11.3 Å². The Bertz CT molecular complexity index is 655. The maximum Gasteiger partial charge on any atom is 0.244 e. The van der Waals surface area contributed by atoms with E-state index in [1.165, 1.54) is 22.5 Å². The van der Waals surface area contributed by atoms with E-state index < -0.39 is 10.0 Å². The Kier molecular flexibility index (Phi) is 5.19. The van der Waals surface area contributed by atoms with Crippen molar-refractivity contribution in [2.75, 3.05) is 33.3 Å². The third kappa shape index (κ3) is 3.54. The van der Waals surface area contributed by atoms with E-state index in [0.29, 0.717) is 13.2 Å². The van der Waals surface area contributed by atoms with Gasteiger partial charge in [-0.2, -0.15) is 9.57 Å². The van der Waals surface area contributed by atoms with E-state index in [4.69, 9.17) is 21.6 Å². The molecule has 1 aliphatic heterocycles. The zero-order valence-electron chi connectivity index (χ0n) is 11.5. The maximum atomic E-state index is 12.7. The zero-order valence-corrected chi connectivity index (χ0v) is 13.1. The summed E-state index contributed by atoms with van der Waals surface area (Å²) in [5.41, 5.74) is 0.262. The van der Waals surface area contributed by atoms with Crippen molar-refractivity contribution in [2.45, 2.75) is 11.0 Å². The molecule has 1 aromatic carbocycles. The number of hydrogen-bond acceptors (Lipinski definition) is 5. The standard InChI is InChI=1S/C13H16ClN3O3S/c1-16-8-11-9-17(4-5-20-11)21(18,19)13-6-10(7-15)2-3-12(13)14/h2-3,6,11,16H,4-5,8-9H2,1H3. The monoisotopic (exact) mass is 329 g/mol. The van der Waals surface area contributed by atoms with Crippen molar-refractivity contribution in [1.82, 2.24) is 9.62 Å². The molecule has 1 unspecified atom stereocenters. The van der Waals surface area contributed by atoms with Gasteiger partial charge in [0.1, 0.15) is 4.90 Å². The fourth-order valence-electron chi connectivity index (χ4n) is 2.17. The van der Waals surface area contributed by atoms with Gasteiger partial charge in [0.15, 0.2) is 0 Å². The summed E-state index contributed by atoms with van der Waals surface area (Å²) in [5, 5.41) is 12.0. The molecule has 0 spiro atoms. The highest BCUT2D eigenvalue weighted by Gasteiger charge is 2.32. The van der Waals surface area contributed by atoms with Crippen LogP contribution in [0.3, 0.4) is 0 Å². The molecule has 8 heteroatoms. The van der Waals surface area contributed by atoms with Crippen LogP contribution in [0.5, 0.6) is 0 Å². The summed E-state index contributed by atoms with van der Waals surface area (Å²) in [7, 11) is -1.95. The van der Waals surface area contributed by atoms with Gasteiger partial charge >= 0.3 is 0 Å². The third-order valence-corrected chi connectivity index (χ3v) is 5.56. The zero-order chi connectivity index (χ0) is 15.5. The first-order valence-corrected chi connectivity index (χ1v) is 8.27. The number of nitrogens with zero attached hydrogens (tertiary/aromatic N) is 2. The third-order valence-electron chi connectivity index (χ3n) is 3.21. The van der Waals surface area contributed by atoms with Gasteiger partial charge in [0.2, 0.25) is 10.0 Å². The van der Waals surface area contributed by atoms with Gasteiger partial charge in [-0.3, -0.25) is 0 Å². The number of rotatable bonds is 4. The van der Waals surface area contributed by atoms with Crippen LogP contribution < -0.4 is 5.32 Å². The first-order valence-electron chi connectivity index (χ1n) is 6.45. The molecule has 1 atom stereocenters. The lowest BCUT2D eigenvalue weighted by atomic mass is 10.2. The van der Waals surface area contributed by atoms with Crippen LogP contribution in [0.25, 0.3) is 0 Å². The summed E-state index contributed by atoms with van der Waals surface area (Å²) in [5.74, 6) is 0. The largest absolute Gasteiger partial charge is 0.374 e. The van der Waals surface area contributed by atoms with E-state index in [2.05, 4.69) is 5.32 Å². The lowest BCUT2D eigenvalue weighted by molar-refractivity contribution is 0.000825. The van der Waals surface area contributed by atoms with Crippen LogP contribution >= 0.6 is 11.6 Å². The van der Waals surface area contributed by atoms with Crippen molar-refractivity contribution in [1.29, 1.82) is 5.26 Å². The summed E-state index contributed by atoms with van der Waals surface area (Å²) < 4.78 is 32.2. The number of likely N-dealkylation sites (N-methyl/N-ethyl adjacent to an activating group) is 1. The first-order chi connectivity index (χ1) is 9.98. The average Bonchev–Trinajstić information content (AvgIpc) is 2.48. The maximum absolute atomic E-state index is 12.7. The Hall–Kier alpha value is -1.17. The van der Waals surface area contributed by atoms with E-state index in [-0.39, 0.29) is 34.7 Å². The van der Waals surface area contributed by atoms with Crippen molar-refractivity contribution in [2.24, 2.45) is 0 Å². The van der Waals surface area contributed by atoms with Gasteiger partial charge in [-0.15, -0.1) is 0 Å². The van der Waals surface area contributed by atoms with Crippen LogP contribution in [0.2, 0.25) is 5.02 Å². The fraction of sp³-hybridized carbons (Fsp3) is 0.462. The van der Waals surface area contributed by atoms with Gasteiger partial charge in [-0.05, 0) is 25.2 Å². The highest BCUT2D eigenvalue weighted by molar-refractivity contribution is 7.89. The molecule has 1 N–H and O–H groups in total. The van der Waals surface area contributed by atoms with Gasteiger partial charge in [0.25, 0.3) is 0 Å². The summed E-state index contributed by atoms with van der Waals surface area (Å²) in [6.07, 6.45) is -0.198. The Labute approximate surface area is 129 Å². The van der Waals surface area contributed by atoms with Gasteiger partial charge in [0.05, 0.1) is 29.4 Å². The SMILES string of the molecule is CNCC1CN(S(=O)(=O)c2cc(C#N)ccc2Cl)CCO1. The molecule has 0 radical (unpaired) electrons. The molecule has 6 nitrogen and oxygen atoms in total. The molecule has 1 fully saturated rings. The predicted octanol–water partition coefficient (Wildman–Crippen LogP) is 0.821. The molecule has 0 bridgehead atoms. The Morgan fingerprint density at radius 1 is 1.57 bits per heavy atom. The Morgan fingerprint density at radius 2 is 2.33 bits per heavy atom. The number of benzene rings is 1. The highest BCUT2D eigenvalue weighted by atomic mass is 35.5. The molecule has 0 saturated carbocycles. The van der Waals surface area contributed by atoms with E-state index in [0.717, 1.165) is 0 Å². The molecule has 1 aliphatic rings. The Balaban J connectivity index is 2.31. The van der Waals surface area contributed by atoms with Crippen molar-refractivity contribution < 1.29 is 13.2 Å².